The highest BCUT2D eigenvalue weighted by molar-refractivity contribution is 6.32. The van der Waals surface area contributed by atoms with Crippen molar-refractivity contribution in [3.05, 3.63) is 486 Å². The highest BCUT2D eigenvalue weighted by Crippen LogP contribution is 2.46. The van der Waals surface area contributed by atoms with Gasteiger partial charge in [0.05, 0.1) is 66.7 Å². The third-order valence-electron chi connectivity index (χ3n) is 26.7. The zero-order valence-electron chi connectivity index (χ0n) is 73.3. The van der Waals surface area contributed by atoms with Crippen LogP contribution in [-0.4, -0.2) is 43.6 Å². The summed E-state index contributed by atoms with van der Waals surface area (Å²) in [7, 11) is 0. The summed E-state index contributed by atoms with van der Waals surface area (Å²) in [6, 6.07) is 157. The van der Waals surface area contributed by atoms with Crippen molar-refractivity contribution in [2.45, 2.75) is 12.8 Å². The predicted molar refractivity (Wildman–Crippen MR) is 570 cm³/mol. The maximum atomic E-state index is 6.48. The Morgan fingerprint density at radius 2 is 0.610 bits per heavy atom. The second-order valence-corrected chi connectivity index (χ2v) is 35.9. The molecule has 6 heterocycles. The van der Waals surface area contributed by atoms with E-state index >= 15 is 0 Å². The molecule has 6 aromatic heterocycles. The topological polar surface area (TPSA) is 92.1 Å². The van der Waals surface area contributed by atoms with Crippen LogP contribution in [0.25, 0.3) is 226 Å². The van der Waals surface area contributed by atoms with Crippen LogP contribution in [0.4, 0.5) is 0 Å². The van der Waals surface area contributed by atoms with Crippen LogP contribution >= 0.6 is 34.8 Å². The first-order valence-electron chi connectivity index (χ1n) is 45.7. The third kappa shape index (κ3) is 14.5. The van der Waals surface area contributed by atoms with Crippen LogP contribution in [-0.2, 0) is 12.8 Å². The molecule has 12 heteroatoms. The molecule has 29 rings (SSSR count). The number of rotatable bonds is 6. The van der Waals surface area contributed by atoms with Crippen LogP contribution in [0.1, 0.15) is 22.3 Å². The summed E-state index contributed by atoms with van der Waals surface area (Å²) in [5.74, 6) is 1.29. The molecular weight excluding hydrogens is 1720 g/mol. The van der Waals surface area contributed by atoms with Gasteiger partial charge in [-0.1, -0.05) is 375 Å². The molecule has 21 aromatic carbocycles. The van der Waals surface area contributed by atoms with E-state index in [1.807, 2.05) is 115 Å². The Labute approximate surface area is 797 Å². The van der Waals surface area contributed by atoms with E-state index < -0.39 is 0 Å². The Bertz CT molecular complexity index is 9500. The normalized spacial score (nSPS) is 11.9. The van der Waals surface area contributed by atoms with Crippen molar-refractivity contribution < 1.29 is 0 Å². The molecule has 0 aliphatic heterocycles. The Balaban J connectivity index is 0.0000000982. The van der Waals surface area contributed by atoms with Gasteiger partial charge in [-0.05, 0) is 220 Å². The molecule has 0 saturated heterocycles. The third-order valence-corrected chi connectivity index (χ3v) is 27.4. The number of para-hydroxylation sites is 4. The molecule has 0 N–H and O–H groups in total. The standard InChI is InChI=1S/C46H28N4.C30H18ClN3.C17H11Cl.C17H12.C14H9ClN2/c1-2-13-30(14-3-1)45-36-18-8-10-20-39(36)47-46(48-45)50-42-27-32-16-5-4-15-31(32)26-38(42)35-24-23-33(28-43(35)50)49-40-21-11-9-19-37(40)44-34-17-7-6-12-29(34)22-25-41(44)49;31-22-14-15-23-25-16-20-10-4-5-11-21(20)17-27(25)34(28(23)18-22)30-32-26-13-7-6-12-24(26)29(33-30)19-8-2-1-3-9-19;18-15-5-6-16-14(9-15)8-13-7-11-3-1-2-4-12(11)10-17(13)16;1-3-7-15-12(5-1)9-10-14-11-13-6-2-4-8-16(13)17(14)15;15-14-16-12-9-5-4-8-11(12)13(17-14)10-6-2-1-3-7-10/h1-28H;1-18H;1-7,9-10H,8H2;1-10H,11H2;1-9H. The summed E-state index contributed by atoms with van der Waals surface area (Å²) >= 11 is 18.5. The van der Waals surface area contributed by atoms with Crippen molar-refractivity contribution in [2.75, 3.05) is 0 Å². The van der Waals surface area contributed by atoms with Gasteiger partial charge in [0.1, 0.15) is 0 Å². The van der Waals surface area contributed by atoms with Crippen LogP contribution < -0.4 is 0 Å². The van der Waals surface area contributed by atoms with Crippen molar-refractivity contribution in [1.82, 2.24) is 43.6 Å². The fourth-order valence-electron chi connectivity index (χ4n) is 20.5. The number of nitrogens with zero attached hydrogens (tertiary/aromatic N) is 9. The quantitative estimate of drug-likeness (QED) is 0.154. The number of halogens is 3. The number of aromatic nitrogens is 9. The van der Waals surface area contributed by atoms with Crippen LogP contribution in [0.15, 0.2) is 449 Å². The van der Waals surface area contributed by atoms with E-state index in [0.29, 0.717) is 16.9 Å². The van der Waals surface area contributed by atoms with Crippen LogP contribution in [0.5, 0.6) is 0 Å². The van der Waals surface area contributed by atoms with Gasteiger partial charge >= 0.3 is 0 Å². The molecule has 0 fully saturated rings. The second-order valence-electron chi connectivity index (χ2n) is 34.7. The zero-order valence-corrected chi connectivity index (χ0v) is 75.6. The maximum Gasteiger partial charge on any atom is 0.235 e. The number of hydrogen-bond acceptors (Lipinski definition) is 6. The first-order chi connectivity index (χ1) is 67.1. The maximum absolute atomic E-state index is 6.48. The molecule has 0 saturated carbocycles. The van der Waals surface area contributed by atoms with Gasteiger partial charge in [-0.25, -0.2) is 29.9 Å². The number of fused-ring (bicyclic) bond motifs is 25. The van der Waals surface area contributed by atoms with E-state index in [9.17, 15) is 0 Å². The average Bonchev–Trinajstić information content (AvgIpc) is 1.45. The molecule has 0 atom stereocenters. The molecule has 0 spiro atoms. The van der Waals surface area contributed by atoms with Gasteiger partial charge in [-0.2, -0.15) is 0 Å². The van der Waals surface area contributed by atoms with Gasteiger partial charge < -0.3 is 4.57 Å². The summed E-state index contributed by atoms with van der Waals surface area (Å²) in [6.45, 7) is 0. The second kappa shape index (κ2) is 34.1. The molecule has 0 unspecified atom stereocenters. The Morgan fingerprint density at radius 1 is 0.199 bits per heavy atom. The lowest BCUT2D eigenvalue weighted by Gasteiger charge is -2.13. The smallest absolute Gasteiger partial charge is 0.235 e. The van der Waals surface area contributed by atoms with Crippen LogP contribution in [0, 0.1) is 0 Å². The lowest BCUT2D eigenvalue weighted by atomic mass is 9.98. The summed E-state index contributed by atoms with van der Waals surface area (Å²) in [5.41, 5.74) is 27.5. The van der Waals surface area contributed by atoms with Crippen molar-refractivity contribution in [1.29, 1.82) is 0 Å². The van der Waals surface area contributed by atoms with E-state index in [1.165, 1.54) is 131 Å². The molecule has 2 aliphatic rings. The zero-order chi connectivity index (χ0) is 90.4. The number of benzene rings is 21. The minimum atomic E-state index is 0.280. The highest BCUT2D eigenvalue weighted by Gasteiger charge is 2.26. The highest BCUT2D eigenvalue weighted by atomic mass is 35.5. The average molecular weight is 1800 g/mol. The largest absolute Gasteiger partial charge is 0.309 e. The summed E-state index contributed by atoms with van der Waals surface area (Å²) in [6.07, 6.45) is 2.08. The Morgan fingerprint density at radius 3 is 1.20 bits per heavy atom. The lowest BCUT2D eigenvalue weighted by Crippen LogP contribution is -2.04. The molecule has 2 aliphatic carbocycles. The van der Waals surface area contributed by atoms with E-state index in [2.05, 4.69) is 357 Å². The van der Waals surface area contributed by atoms with E-state index in [0.717, 1.165) is 123 Å². The minimum absolute atomic E-state index is 0.280. The molecular formula is C124H78Cl3N9. The monoisotopic (exact) mass is 1800 g/mol. The summed E-state index contributed by atoms with van der Waals surface area (Å²) in [4.78, 5) is 29.3. The molecule has 27 aromatic rings. The minimum Gasteiger partial charge on any atom is -0.309 e. The van der Waals surface area contributed by atoms with Crippen molar-refractivity contribution >= 4 is 187 Å². The summed E-state index contributed by atoms with van der Waals surface area (Å²) in [5, 5.41) is 24.6. The molecule has 0 amide bonds. The van der Waals surface area contributed by atoms with Crippen LogP contribution in [0.3, 0.4) is 0 Å². The Hall–Kier alpha value is -16.8. The van der Waals surface area contributed by atoms with E-state index in [4.69, 9.17) is 54.7 Å². The van der Waals surface area contributed by atoms with Crippen molar-refractivity contribution in [3.8, 4) is 73.6 Å². The Kier molecular flexibility index (Phi) is 20.4. The van der Waals surface area contributed by atoms with Gasteiger partial charge in [0.2, 0.25) is 17.2 Å². The summed E-state index contributed by atoms with van der Waals surface area (Å²) < 4.78 is 6.82. The molecule has 9 nitrogen and oxygen atoms in total. The first kappa shape index (κ1) is 81.2. The first-order valence-corrected chi connectivity index (χ1v) is 46.8. The lowest BCUT2D eigenvalue weighted by molar-refractivity contribution is 1.01. The van der Waals surface area contributed by atoms with Gasteiger partial charge in [0, 0.05) is 80.9 Å². The molecule has 136 heavy (non-hydrogen) atoms. The molecule has 0 radical (unpaired) electrons. The van der Waals surface area contributed by atoms with Crippen molar-refractivity contribution in [2.24, 2.45) is 0 Å². The van der Waals surface area contributed by atoms with Gasteiger partial charge in [-0.15, -0.1) is 0 Å². The van der Waals surface area contributed by atoms with Crippen molar-refractivity contribution in [3.63, 3.8) is 0 Å². The van der Waals surface area contributed by atoms with E-state index in [-0.39, 0.29) is 5.28 Å². The van der Waals surface area contributed by atoms with Gasteiger partial charge in [-0.3, -0.25) is 9.13 Å². The molecule has 640 valence electrons. The van der Waals surface area contributed by atoms with Gasteiger partial charge in [0.15, 0.2) is 0 Å². The van der Waals surface area contributed by atoms with Gasteiger partial charge in [0.25, 0.3) is 0 Å². The molecule has 0 bridgehead atoms. The van der Waals surface area contributed by atoms with Crippen LogP contribution in [0.2, 0.25) is 15.3 Å². The fraction of sp³-hybridized carbons (Fsp3) is 0.0161. The fourth-order valence-corrected chi connectivity index (χ4v) is 21.1. The predicted octanol–water partition coefficient (Wildman–Crippen LogP) is 33.4. The number of hydrogen-bond donors (Lipinski definition) is 0. The van der Waals surface area contributed by atoms with E-state index in [1.54, 1.807) is 0 Å². The SMILES string of the molecule is Clc1ccc2c(c1)Cc1cc3ccccc3cc1-2.Clc1ccc2c3cc4ccccc4cc3n(-c3nc(-c4ccccc4)c4ccccc4n3)c2c1.Clc1nc(-c2ccccc2)c2ccccc2n1.c1ccc(-c2nc(-n3c4cc(-n5c6ccccc6c6c7ccccc7ccc65)ccc4c4cc5ccccc5cc43)nc3ccccc23)cc1.c1ccc2c(c1)Cc1ccc3ccccc3c1-2.